The predicted molar refractivity (Wildman–Crippen MR) is 68.1 cm³/mol. The highest BCUT2D eigenvalue weighted by atomic mass is 32.1. The van der Waals surface area contributed by atoms with Crippen LogP contribution in [0.25, 0.3) is 0 Å². The van der Waals surface area contributed by atoms with Crippen molar-refractivity contribution in [3.05, 3.63) is 22.4 Å². The molecule has 0 atom stereocenters. The van der Waals surface area contributed by atoms with Crippen molar-refractivity contribution in [2.75, 3.05) is 18.8 Å². The van der Waals surface area contributed by atoms with E-state index in [0.29, 0.717) is 30.1 Å². The molecule has 0 radical (unpaired) electrons. The van der Waals surface area contributed by atoms with Crippen LogP contribution in [-0.4, -0.2) is 30.7 Å². The van der Waals surface area contributed by atoms with Crippen LogP contribution in [0.3, 0.4) is 0 Å². The third-order valence-corrected chi connectivity index (χ3v) is 2.91. The second kappa shape index (κ2) is 7.29. The van der Waals surface area contributed by atoms with E-state index in [1.165, 1.54) is 11.3 Å². The standard InChI is InChI=1S/C10H14N2O2S2/c13-9(11-5-6-15)3-4-12-10(14)8-2-1-7-16-8/h1-2,7,15H,3-6H2,(H,11,13)(H,12,14). The minimum Gasteiger partial charge on any atom is -0.355 e. The molecule has 1 heterocycles. The summed E-state index contributed by atoms with van der Waals surface area (Å²) in [6, 6.07) is 3.57. The Morgan fingerprint density at radius 1 is 1.31 bits per heavy atom. The van der Waals surface area contributed by atoms with Gasteiger partial charge in [-0.15, -0.1) is 11.3 Å². The van der Waals surface area contributed by atoms with Gasteiger partial charge in [0.25, 0.3) is 5.91 Å². The normalized spacial score (nSPS) is 9.81. The number of carbonyl (C=O) groups excluding carboxylic acids is 2. The zero-order valence-corrected chi connectivity index (χ0v) is 10.4. The first-order chi connectivity index (χ1) is 7.74. The fourth-order valence-corrected chi connectivity index (χ4v) is 1.82. The molecule has 0 saturated heterocycles. The number of hydrogen-bond donors (Lipinski definition) is 3. The molecule has 88 valence electrons. The van der Waals surface area contributed by atoms with Crippen LogP contribution in [0.5, 0.6) is 0 Å². The van der Waals surface area contributed by atoms with Crippen LogP contribution in [0.15, 0.2) is 17.5 Å². The third kappa shape index (κ3) is 4.67. The summed E-state index contributed by atoms with van der Waals surface area (Å²) in [7, 11) is 0. The van der Waals surface area contributed by atoms with E-state index in [1.807, 2.05) is 11.4 Å². The Bertz CT molecular complexity index is 339. The number of amides is 2. The quantitative estimate of drug-likeness (QED) is 0.664. The topological polar surface area (TPSA) is 58.2 Å². The van der Waals surface area contributed by atoms with Gasteiger partial charge in [-0.05, 0) is 11.4 Å². The van der Waals surface area contributed by atoms with Gasteiger partial charge in [-0.3, -0.25) is 9.59 Å². The molecular formula is C10H14N2O2S2. The molecule has 0 aromatic carbocycles. The average Bonchev–Trinajstić information content (AvgIpc) is 2.79. The Morgan fingerprint density at radius 3 is 2.75 bits per heavy atom. The zero-order chi connectivity index (χ0) is 11.8. The van der Waals surface area contributed by atoms with Gasteiger partial charge >= 0.3 is 0 Å². The van der Waals surface area contributed by atoms with Gasteiger partial charge in [0.1, 0.15) is 0 Å². The van der Waals surface area contributed by atoms with E-state index in [1.54, 1.807) is 6.07 Å². The number of nitrogens with one attached hydrogen (secondary N) is 2. The van der Waals surface area contributed by atoms with Gasteiger partial charge in [0.05, 0.1) is 4.88 Å². The summed E-state index contributed by atoms with van der Waals surface area (Å²) in [4.78, 5) is 23.3. The summed E-state index contributed by atoms with van der Waals surface area (Å²) in [5.41, 5.74) is 0. The highest BCUT2D eigenvalue weighted by molar-refractivity contribution is 7.80. The van der Waals surface area contributed by atoms with Crippen LogP contribution < -0.4 is 10.6 Å². The Labute approximate surface area is 104 Å². The van der Waals surface area contributed by atoms with E-state index in [-0.39, 0.29) is 11.8 Å². The average molecular weight is 258 g/mol. The Balaban J connectivity index is 2.16. The summed E-state index contributed by atoms with van der Waals surface area (Å²) < 4.78 is 0. The molecule has 2 amide bonds. The first-order valence-corrected chi connectivity index (χ1v) is 6.44. The number of thiophene rings is 1. The maximum absolute atomic E-state index is 11.5. The van der Waals surface area contributed by atoms with Gasteiger partial charge in [0, 0.05) is 25.3 Å². The SMILES string of the molecule is O=C(CCNC(=O)c1cccs1)NCCS. The lowest BCUT2D eigenvalue weighted by Gasteiger charge is -2.04. The molecule has 2 N–H and O–H groups in total. The first-order valence-electron chi connectivity index (χ1n) is 4.93. The van der Waals surface area contributed by atoms with Crippen molar-refractivity contribution in [1.82, 2.24) is 10.6 Å². The minimum atomic E-state index is -0.128. The van der Waals surface area contributed by atoms with E-state index in [4.69, 9.17) is 0 Å². The van der Waals surface area contributed by atoms with Crippen molar-refractivity contribution in [1.29, 1.82) is 0 Å². The van der Waals surface area contributed by atoms with Crippen molar-refractivity contribution >= 4 is 35.8 Å². The molecule has 1 aromatic rings. The molecule has 0 saturated carbocycles. The number of rotatable bonds is 6. The van der Waals surface area contributed by atoms with Crippen molar-refractivity contribution in [2.45, 2.75) is 6.42 Å². The molecule has 1 rings (SSSR count). The van der Waals surface area contributed by atoms with E-state index >= 15 is 0 Å². The summed E-state index contributed by atoms with van der Waals surface area (Å²) in [5.74, 6) is 0.422. The van der Waals surface area contributed by atoms with Crippen LogP contribution in [0.2, 0.25) is 0 Å². The van der Waals surface area contributed by atoms with Gasteiger partial charge in [0.2, 0.25) is 5.91 Å². The smallest absolute Gasteiger partial charge is 0.261 e. The monoisotopic (exact) mass is 258 g/mol. The Hall–Kier alpha value is -1.01. The number of carbonyl (C=O) groups is 2. The van der Waals surface area contributed by atoms with E-state index in [0.717, 1.165) is 0 Å². The fraction of sp³-hybridized carbons (Fsp3) is 0.400. The lowest BCUT2D eigenvalue weighted by Crippen LogP contribution is -2.31. The molecule has 0 bridgehead atoms. The molecule has 0 spiro atoms. The van der Waals surface area contributed by atoms with Gasteiger partial charge in [-0.1, -0.05) is 6.07 Å². The molecule has 0 aliphatic heterocycles. The van der Waals surface area contributed by atoms with Crippen molar-refractivity contribution < 1.29 is 9.59 Å². The second-order valence-electron chi connectivity index (χ2n) is 3.06. The maximum atomic E-state index is 11.5. The number of hydrogen-bond acceptors (Lipinski definition) is 4. The van der Waals surface area contributed by atoms with Crippen molar-refractivity contribution in [2.24, 2.45) is 0 Å². The summed E-state index contributed by atoms with van der Waals surface area (Å²) in [6.45, 7) is 0.913. The van der Waals surface area contributed by atoms with Crippen LogP contribution in [0.1, 0.15) is 16.1 Å². The second-order valence-corrected chi connectivity index (χ2v) is 4.45. The van der Waals surface area contributed by atoms with Crippen molar-refractivity contribution in [3.8, 4) is 0 Å². The van der Waals surface area contributed by atoms with Gasteiger partial charge in [-0.2, -0.15) is 12.6 Å². The van der Waals surface area contributed by atoms with Gasteiger partial charge in [0.15, 0.2) is 0 Å². The van der Waals surface area contributed by atoms with Crippen molar-refractivity contribution in [3.63, 3.8) is 0 Å². The van der Waals surface area contributed by atoms with Crippen LogP contribution in [0.4, 0.5) is 0 Å². The predicted octanol–water partition coefficient (Wildman–Crippen LogP) is 0.914. The third-order valence-electron chi connectivity index (χ3n) is 1.82. The summed E-state index contributed by atoms with van der Waals surface area (Å²) in [6.07, 6.45) is 0.297. The minimum absolute atomic E-state index is 0.0690. The van der Waals surface area contributed by atoms with Crippen LogP contribution in [0, 0.1) is 0 Å². The lowest BCUT2D eigenvalue weighted by atomic mass is 10.3. The molecule has 0 unspecified atom stereocenters. The van der Waals surface area contributed by atoms with E-state index < -0.39 is 0 Å². The highest BCUT2D eigenvalue weighted by Gasteiger charge is 2.06. The number of thiol groups is 1. The fourth-order valence-electron chi connectivity index (χ4n) is 1.07. The highest BCUT2D eigenvalue weighted by Crippen LogP contribution is 2.07. The van der Waals surface area contributed by atoms with Gasteiger partial charge in [-0.25, -0.2) is 0 Å². The molecule has 4 nitrogen and oxygen atoms in total. The molecule has 16 heavy (non-hydrogen) atoms. The molecular weight excluding hydrogens is 244 g/mol. The largest absolute Gasteiger partial charge is 0.355 e. The molecule has 1 aromatic heterocycles. The van der Waals surface area contributed by atoms with Gasteiger partial charge < -0.3 is 10.6 Å². The van der Waals surface area contributed by atoms with E-state index in [2.05, 4.69) is 23.3 Å². The lowest BCUT2D eigenvalue weighted by molar-refractivity contribution is -0.120. The maximum Gasteiger partial charge on any atom is 0.261 e. The van der Waals surface area contributed by atoms with E-state index in [9.17, 15) is 9.59 Å². The first kappa shape index (κ1) is 13.1. The van der Waals surface area contributed by atoms with Crippen LogP contribution >= 0.6 is 24.0 Å². The molecule has 0 aliphatic carbocycles. The molecule has 0 fully saturated rings. The summed E-state index contributed by atoms with van der Waals surface area (Å²) in [5, 5.41) is 7.20. The Morgan fingerprint density at radius 2 is 2.12 bits per heavy atom. The molecule has 0 aliphatic rings. The summed E-state index contributed by atoms with van der Waals surface area (Å²) >= 11 is 5.36. The molecule has 6 heteroatoms. The van der Waals surface area contributed by atoms with Crippen LogP contribution in [-0.2, 0) is 4.79 Å². The zero-order valence-electron chi connectivity index (χ0n) is 8.73. The Kier molecular flexibility index (Phi) is 5.95.